The lowest BCUT2D eigenvalue weighted by molar-refractivity contribution is 0.0694. The average molecular weight is 465 g/mol. The van der Waals surface area contributed by atoms with Crippen LogP contribution < -0.4 is 10.1 Å². The number of hydrogen-bond acceptors (Lipinski definition) is 5. The van der Waals surface area contributed by atoms with Crippen LogP contribution in [0.4, 0.5) is 5.95 Å². The molecular formula is C25H25ClN4O3. The monoisotopic (exact) mass is 464 g/mol. The summed E-state index contributed by atoms with van der Waals surface area (Å²) in [5.74, 6) is 0.0691. The van der Waals surface area contributed by atoms with Gasteiger partial charge in [-0.25, -0.2) is 14.8 Å². The molecule has 0 saturated heterocycles. The number of carbonyl (C=O) groups is 1. The van der Waals surface area contributed by atoms with Gasteiger partial charge in [-0.05, 0) is 55.7 Å². The first-order chi connectivity index (χ1) is 16.0. The number of nitrogens with one attached hydrogen (secondary N) is 1. The van der Waals surface area contributed by atoms with E-state index >= 15 is 0 Å². The lowest BCUT2D eigenvalue weighted by atomic mass is 10.0. The number of rotatable bonds is 10. The number of halogens is 1. The van der Waals surface area contributed by atoms with E-state index in [9.17, 15) is 9.90 Å². The van der Waals surface area contributed by atoms with Crippen LogP contribution in [0.1, 0.15) is 28.5 Å². The van der Waals surface area contributed by atoms with Gasteiger partial charge in [0.25, 0.3) is 0 Å². The number of benzene rings is 2. The summed E-state index contributed by atoms with van der Waals surface area (Å²) in [6, 6.07) is 15.4. The summed E-state index contributed by atoms with van der Waals surface area (Å²) in [5.41, 5.74) is 2.98. The zero-order valence-electron chi connectivity index (χ0n) is 18.3. The molecule has 0 fully saturated rings. The number of nitrogens with zero attached hydrogens (tertiary/aromatic N) is 3. The van der Waals surface area contributed by atoms with Crippen molar-refractivity contribution >= 4 is 34.4 Å². The third-order valence-corrected chi connectivity index (χ3v) is 5.66. The zero-order valence-corrected chi connectivity index (χ0v) is 19.0. The summed E-state index contributed by atoms with van der Waals surface area (Å²) in [7, 11) is 0. The third-order valence-electron chi connectivity index (χ3n) is 5.41. The SMILES string of the molecule is CCn1cc(CCc2nc(NCCOc3ccc(Cl)cc3)ncc2C(=O)O)c2ccccc21. The number of para-hydroxylation sites is 1. The fourth-order valence-electron chi connectivity index (χ4n) is 3.77. The summed E-state index contributed by atoms with van der Waals surface area (Å²) in [6.07, 6.45) is 4.68. The van der Waals surface area contributed by atoms with Crippen LogP contribution in [0.2, 0.25) is 5.02 Å². The minimum absolute atomic E-state index is 0.122. The predicted octanol–water partition coefficient (Wildman–Crippen LogP) is 5.08. The molecule has 0 radical (unpaired) electrons. The summed E-state index contributed by atoms with van der Waals surface area (Å²) >= 11 is 5.88. The molecule has 4 rings (SSSR count). The summed E-state index contributed by atoms with van der Waals surface area (Å²) in [4.78, 5) is 20.4. The van der Waals surface area contributed by atoms with E-state index in [1.54, 1.807) is 24.3 Å². The first kappa shape index (κ1) is 22.6. The number of carboxylic acid groups (broad SMARTS) is 1. The number of aryl methyl sites for hydroxylation is 3. The highest BCUT2D eigenvalue weighted by molar-refractivity contribution is 6.30. The maximum absolute atomic E-state index is 11.7. The van der Waals surface area contributed by atoms with Crippen LogP contribution in [-0.4, -0.2) is 38.8 Å². The number of anilines is 1. The molecule has 0 aliphatic rings. The molecule has 2 aromatic carbocycles. The molecule has 2 heterocycles. The molecule has 2 aromatic heterocycles. The van der Waals surface area contributed by atoms with Crippen LogP contribution in [0.3, 0.4) is 0 Å². The number of hydrogen-bond donors (Lipinski definition) is 2. The second-order valence-electron chi connectivity index (χ2n) is 7.55. The van der Waals surface area contributed by atoms with E-state index < -0.39 is 5.97 Å². The van der Waals surface area contributed by atoms with Gasteiger partial charge in [-0.15, -0.1) is 0 Å². The molecule has 0 bridgehead atoms. The Morgan fingerprint density at radius 2 is 1.94 bits per heavy atom. The highest BCUT2D eigenvalue weighted by Gasteiger charge is 2.15. The van der Waals surface area contributed by atoms with Gasteiger partial charge in [-0.3, -0.25) is 0 Å². The largest absolute Gasteiger partial charge is 0.492 e. The third kappa shape index (κ3) is 5.43. The van der Waals surface area contributed by atoms with Crippen LogP contribution in [0.15, 0.2) is 60.9 Å². The lowest BCUT2D eigenvalue weighted by Gasteiger charge is -2.10. The van der Waals surface area contributed by atoms with Gasteiger partial charge in [0.1, 0.15) is 12.4 Å². The highest BCUT2D eigenvalue weighted by atomic mass is 35.5. The maximum Gasteiger partial charge on any atom is 0.339 e. The molecule has 0 spiro atoms. The van der Waals surface area contributed by atoms with Crippen molar-refractivity contribution in [2.45, 2.75) is 26.3 Å². The number of aromatic nitrogens is 3. The molecular weight excluding hydrogens is 440 g/mol. The molecule has 0 aliphatic heterocycles. The van der Waals surface area contributed by atoms with Gasteiger partial charge in [-0.1, -0.05) is 29.8 Å². The van der Waals surface area contributed by atoms with Crippen LogP contribution in [0.25, 0.3) is 10.9 Å². The van der Waals surface area contributed by atoms with Crippen molar-refractivity contribution in [1.82, 2.24) is 14.5 Å². The highest BCUT2D eigenvalue weighted by Crippen LogP contribution is 2.23. The van der Waals surface area contributed by atoms with Crippen molar-refractivity contribution in [1.29, 1.82) is 0 Å². The van der Waals surface area contributed by atoms with Gasteiger partial charge in [0.05, 0.1) is 17.8 Å². The van der Waals surface area contributed by atoms with E-state index in [2.05, 4.69) is 45.1 Å². The number of carboxylic acids is 1. The Morgan fingerprint density at radius 1 is 1.15 bits per heavy atom. The van der Waals surface area contributed by atoms with E-state index in [4.69, 9.17) is 16.3 Å². The van der Waals surface area contributed by atoms with Crippen molar-refractivity contribution < 1.29 is 14.6 Å². The normalized spacial score (nSPS) is 11.0. The van der Waals surface area contributed by atoms with E-state index in [0.29, 0.717) is 42.7 Å². The molecule has 7 nitrogen and oxygen atoms in total. The van der Waals surface area contributed by atoms with E-state index in [-0.39, 0.29) is 5.56 Å². The Morgan fingerprint density at radius 3 is 2.70 bits per heavy atom. The fraction of sp³-hybridized carbons (Fsp3) is 0.240. The molecule has 0 atom stereocenters. The second-order valence-corrected chi connectivity index (χ2v) is 7.98. The Hall–Kier alpha value is -3.58. The number of aromatic carboxylic acids is 1. The Kier molecular flexibility index (Phi) is 7.10. The number of fused-ring (bicyclic) bond motifs is 1. The molecule has 2 N–H and O–H groups in total. The van der Waals surface area contributed by atoms with Crippen LogP contribution in [-0.2, 0) is 19.4 Å². The van der Waals surface area contributed by atoms with E-state index in [0.717, 1.165) is 12.3 Å². The Labute approximate surface area is 197 Å². The molecule has 170 valence electrons. The smallest absolute Gasteiger partial charge is 0.339 e. The van der Waals surface area contributed by atoms with Gasteiger partial charge in [0.2, 0.25) is 5.95 Å². The molecule has 0 amide bonds. The molecule has 8 heteroatoms. The standard InChI is InChI=1S/C25H25ClN4O3/c1-2-30-16-17(20-5-3-4-6-23(20)30)7-12-22-21(24(31)32)15-28-25(29-22)27-13-14-33-19-10-8-18(26)9-11-19/h3-6,8-11,15-16H,2,7,12-14H2,1H3,(H,31,32)(H,27,28,29). The van der Waals surface area contributed by atoms with Crippen LogP contribution >= 0.6 is 11.6 Å². The summed E-state index contributed by atoms with van der Waals surface area (Å²) < 4.78 is 7.87. The molecule has 0 aliphatic carbocycles. The van der Waals surface area contributed by atoms with Crippen molar-refractivity contribution in [3.05, 3.63) is 82.8 Å². The lowest BCUT2D eigenvalue weighted by Crippen LogP contribution is -2.15. The van der Waals surface area contributed by atoms with Gasteiger partial charge >= 0.3 is 5.97 Å². The molecule has 0 unspecified atom stereocenters. The van der Waals surface area contributed by atoms with Gasteiger partial charge in [0, 0.05) is 34.9 Å². The topological polar surface area (TPSA) is 89.3 Å². The van der Waals surface area contributed by atoms with Crippen molar-refractivity contribution in [2.75, 3.05) is 18.5 Å². The first-order valence-corrected chi connectivity index (χ1v) is 11.2. The summed E-state index contributed by atoms with van der Waals surface area (Å²) in [5, 5.41) is 14.5. The quantitative estimate of drug-likeness (QED) is 0.318. The Bertz CT molecular complexity index is 1250. The van der Waals surface area contributed by atoms with Gasteiger partial charge < -0.3 is 19.7 Å². The van der Waals surface area contributed by atoms with E-state index in [1.165, 1.54) is 22.7 Å². The van der Waals surface area contributed by atoms with Crippen molar-refractivity contribution in [2.24, 2.45) is 0 Å². The zero-order chi connectivity index (χ0) is 23.2. The van der Waals surface area contributed by atoms with Crippen LogP contribution in [0, 0.1) is 0 Å². The Balaban J connectivity index is 1.43. The average Bonchev–Trinajstić information content (AvgIpc) is 3.19. The van der Waals surface area contributed by atoms with Crippen LogP contribution in [0.5, 0.6) is 5.75 Å². The van der Waals surface area contributed by atoms with Gasteiger partial charge in [-0.2, -0.15) is 0 Å². The molecule has 33 heavy (non-hydrogen) atoms. The maximum atomic E-state index is 11.7. The first-order valence-electron chi connectivity index (χ1n) is 10.8. The summed E-state index contributed by atoms with van der Waals surface area (Å²) in [6.45, 7) is 3.86. The minimum Gasteiger partial charge on any atom is -0.492 e. The number of ether oxygens (including phenoxy) is 1. The minimum atomic E-state index is -1.03. The molecule has 0 saturated carbocycles. The fourth-order valence-corrected chi connectivity index (χ4v) is 3.90. The molecule has 4 aromatic rings. The van der Waals surface area contributed by atoms with Crippen molar-refractivity contribution in [3.8, 4) is 5.75 Å². The van der Waals surface area contributed by atoms with E-state index in [1.807, 2.05) is 12.1 Å². The predicted molar refractivity (Wildman–Crippen MR) is 129 cm³/mol. The second kappa shape index (κ2) is 10.4. The van der Waals surface area contributed by atoms with Gasteiger partial charge in [0.15, 0.2) is 0 Å². The van der Waals surface area contributed by atoms with Crippen molar-refractivity contribution in [3.63, 3.8) is 0 Å².